The molecule has 0 aromatic carbocycles. The minimum Gasteiger partial charge on any atom is -0.451 e. The van der Waals surface area contributed by atoms with E-state index < -0.39 is 17.0 Å². The monoisotopic (exact) mass is 352 g/mol. The minimum absolute atomic E-state index is 0.110. The van der Waals surface area contributed by atoms with Gasteiger partial charge in [0, 0.05) is 13.1 Å². The van der Waals surface area contributed by atoms with E-state index in [1.165, 1.54) is 18.5 Å². The van der Waals surface area contributed by atoms with Crippen LogP contribution in [-0.4, -0.2) is 50.7 Å². The van der Waals surface area contributed by atoms with Crippen LogP contribution in [0, 0.1) is 24.0 Å². The van der Waals surface area contributed by atoms with Gasteiger partial charge in [-0.3, -0.25) is 24.4 Å². The lowest BCUT2D eigenvalue weighted by Crippen LogP contribution is -2.40. The van der Waals surface area contributed by atoms with Crippen LogP contribution in [0.15, 0.2) is 0 Å². The fraction of sp³-hybridized carbons (Fsp3) is 0.688. The van der Waals surface area contributed by atoms with Crippen molar-refractivity contribution in [2.75, 3.05) is 13.1 Å². The molecule has 1 aliphatic heterocycles. The standard InChI is InChI=1S/C16H24N4O5/c1-11-15(20(23)24)12(2)19(17-11)10-14(21)25-13(3)16(22)18-8-6-4-5-7-9-18/h13H,4-10H2,1-3H3/t13-/m1/s1. The van der Waals surface area contributed by atoms with Crippen LogP contribution in [0.5, 0.6) is 0 Å². The Morgan fingerprint density at radius 3 is 2.36 bits per heavy atom. The first kappa shape index (κ1) is 18.9. The molecule has 1 atom stereocenters. The van der Waals surface area contributed by atoms with E-state index in [4.69, 9.17) is 4.74 Å². The molecule has 0 unspecified atom stereocenters. The molecular weight excluding hydrogens is 328 g/mol. The van der Waals surface area contributed by atoms with Crippen LogP contribution in [0.1, 0.15) is 44.0 Å². The van der Waals surface area contributed by atoms with Crippen molar-refractivity contribution >= 4 is 17.6 Å². The first-order valence-electron chi connectivity index (χ1n) is 8.48. The van der Waals surface area contributed by atoms with Crippen LogP contribution in [0.3, 0.4) is 0 Å². The summed E-state index contributed by atoms with van der Waals surface area (Å²) in [5.74, 6) is -0.842. The molecule has 1 aromatic heterocycles. The lowest BCUT2D eigenvalue weighted by molar-refractivity contribution is -0.386. The second-order valence-corrected chi connectivity index (χ2v) is 6.31. The van der Waals surface area contributed by atoms with Crippen molar-refractivity contribution in [3.8, 4) is 0 Å². The minimum atomic E-state index is -0.877. The van der Waals surface area contributed by atoms with Gasteiger partial charge in [-0.2, -0.15) is 5.10 Å². The number of hydrogen-bond donors (Lipinski definition) is 0. The molecule has 1 aliphatic rings. The summed E-state index contributed by atoms with van der Waals surface area (Å²) in [4.78, 5) is 36.7. The predicted octanol–water partition coefficient (Wildman–Crippen LogP) is 1.74. The van der Waals surface area contributed by atoms with Crippen LogP contribution >= 0.6 is 0 Å². The van der Waals surface area contributed by atoms with E-state index in [1.54, 1.807) is 11.8 Å². The summed E-state index contributed by atoms with van der Waals surface area (Å²) in [7, 11) is 0. The van der Waals surface area contributed by atoms with E-state index in [0.29, 0.717) is 13.1 Å². The first-order valence-corrected chi connectivity index (χ1v) is 8.48. The highest BCUT2D eigenvalue weighted by atomic mass is 16.6. The highest BCUT2D eigenvalue weighted by Gasteiger charge is 2.26. The molecule has 2 heterocycles. The number of amides is 1. The van der Waals surface area contributed by atoms with E-state index in [-0.39, 0.29) is 29.5 Å². The van der Waals surface area contributed by atoms with Crippen molar-refractivity contribution in [3.05, 3.63) is 21.5 Å². The molecule has 0 saturated carbocycles. The summed E-state index contributed by atoms with van der Waals surface area (Å²) in [6.07, 6.45) is 3.25. The maximum Gasteiger partial charge on any atom is 0.328 e. The molecule has 138 valence electrons. The molecule has 0 radical (unpaired) electrons. The van der Waals surface area contributed by atoms with Gasteiger partial charge in [0.05, 0.1) is 4.92 Å². The number of carbonyl (C=O) groups excluding carboxylic acids is 2. The molecule has 1 amide bonds. The molecule has 1 fully saturated rings. The van der Waals surface area contributed by atoms with Gasteiger partial charge in [-0.05, 0) is 33.6 Å². The van der Waals surface area contributed by atoms with Gasteiger partial charge >= 0.3 is 11.7 Å². The molecule has 1 saturated heterocycles. The average Bonchev–Trinajstić information content (AvgIpc) is 2.73. The third kappa shape index (κ3) is 4.55. The van der Waals surface area contributed by atoms with Crippen molar-refractivity contribution in [2.45, 2.75) is 59.1 Å². The topological polar surface area (TPSA) is 108 Å². The van der Waals surface area contributed by atoms with E-state index >= 15 is 0 Å². The van der Waals surface area contributed by atoms with Crippen molar-refractivity contribution in [3.63, 3.8) is 0 Å². The van der Waals surface area contributed by atoms with Crippen LogP contribution in [0.2, 0.25) is 0 Å². The number of carbonyl (C=O) groups is 2. The maximum absolute atomic E-state index is 12.4. The van der Waals surface area contributed by atoms with Crippen LogP contribution in [-0.2, 0) is 20.9 Å². The van der Waals surface area contributed by atoms with Crippen LogP contribution < -0.4 is 0 Å². The average molecular weight is 352 g/mol. The van der Waals surface area contributed by atoms with Gasteiger partial charge in [-0.25, -0.2) is 0 Å². The Morgan fingerprint density at radius 1 is 1.24 bits per heavy atom. The summed E-state index contributed by atoms with van der Waals surface area (Å²) in [6, 6.07) is 0. The Morgan fingerprint density at radius 2 is 1.84 bits per heavy atom. The second-order valence-electron chi connectivity index (χ2n) is 6.31. The summed E-state index contributed by atoms with van der Waals surface area (Å²) in [5.41, 5.74) is 0.413. The first-order chi connectivity index (χ1) is 11.8. The van der Waals surface area contributed by atoms with Gasteiger partial charge in [0.1, 0.15) is 17.9 Å². The number of esters is 1. The lowest BCUT2D eigenvalue weighted by atomic mass is 10.2. The number of nitro groups is 1. The van der Waals surface area contributed by atoms with E-state index in [2.05, 4.69) is 5.10 Å². The van der Waals surface area contributed by atoms with Gasteiger partial charge in [-0.15, -0.1) is 0 Å². The Kier molecular flexibility index (Phi) is 6.11. The summed E-state index contributed by atoms with van der Waals surface area (Å²) in [6.45, 7) is 5.69. The van der Waals surface area contributed by atoms with Gasteiger partial charge in [0.2, 0.25) is 0 Å². The van der Waals surface area contributed by atoms with Gasteiger partial charge < -0.3 is 9.64 Å². The number of rotatable bonds is 5. The molecule has 9 nitrogen and oxygen atoms in total. The maximum atomic E-state index is 12.4. The molecule has 0 spiro atoms. The van der Waals surface area contributed by atoms with Crippen molar-refractivity contribution in [2.24, 2.45) is 0 Å². The van der Waals surface area contributed by atoms with Gasteiger partial charge in [0.25, 0.3) is 5.91 Å². The SMILES string of the molecule is Cc1nn(CC(=O)O[C@H](C)C(=O)N2CCCCCC2)c(C)c1[N+](=O)[O-]. The molecule has 25 heavy (non-hydrogen) atoms. The Hall–Kier alpha value is -2.45. The smallest absolute Gasteiger partial charge is 0.328 e. The second kappa shape index (κ2) is 8.09. The molecule has 0 N–H and O–H groups in total. The summed E-state index contributed by atoms with van der Waals surface area (Å²) >= 11 is 0. The predicted molar refractivity (Wildman–Crippen MR) is 89.0 cm³/mol. The normalized spacial score (nSPS) is 16.2. The van der Waals surface area contributed by atoms with Crippen molar-refractivity contribution in [1.82, 2.24) is 14.7 Å². The molecular formula is C16H24N4O5. The summed E-state index contributed by atoms with van der Waals surface area (Å²) < 4.78 is 6.45. The van der Waals surface area contributed by atoms with Crippen LogP contribution in [0.4, 0.5) is 5.69 Å². The number of nitrogens with zero attached hydrogens (tertiary/aromatic N) is 4. The number of aromatic nitrogens is 2. The number of hydrogen-bond acceptors (Lipinski definition) is 6. The lowest BCUT2D eigenvalue weighted by Gasteiger charge is -2.24. The molecule has 2 rings (SSSR count). The zero-order chi connectivity index (χ0) is 18.6. The Labute approximate surface area is 146 Å². The molecule has 0 bridgehead atoms. The van der Waals surface area contributed by atoms with Crippen molar-refractivity contribution < 1.29 is 19.2 Å². The quantitative estimate of drug-likeness (QED) is 0.454. The zero-order valence-electron chi connectivity index (χ0n) is 14.9. The highest BCUT2D eigenvalue weighted by molar-refractivity contribution is 5.83. The zero-order valence-corrected chi connectivity index (χ0v) is 14.9. The third-order valence-electron chi connectivity index (χ3n) is 4.38. The van der Waals surface area contributed by atoms with Crippen molar-refractivity contribution in [1.29, 1.82) is 0 Å². The Bertz CT molecular complexity index is 662. The fourth-order valence-corrected chi connectivity index (χ4v) is 3.06. The Balaban J connectivity index is 1.96. The number of aryl methyl sites for hydroxylation is 1. The van der Waals surface area contributed by atoms with Gasteiger partial charge in [-0.1, -0.05) is 12.8 Å². The molecule has 1 aromatic rings. The van der Waals surface area contributed by atoms with Gasteiger partial charge in [0.15, 0.2) is 6.10 Å². The largest absolute Gasteiger partial charge is 0.451 e. The number of ether oxygens (including phenoxy) is 1. The highest BCUT2D eigenvalue weighted by Crippen LogP contribution is 2.21. The van der Waals surface area contributed by atoms with E-state index in [9.17, 15) is 19.7 Å². The van der Waals surface area contributed by atoms with Crippen LogP contribution in [0.25, 0.3) is 0 Å². The molecule has 9 heteroatoms. The summed E-state index contributed by atoms with van der Waals surface area (Å²) in [5, 5.41) is 15.0. The molecule has 0 aliphatic carbocycles. The fourth-order valence-electron chi connectivity index (χ4n) is 3.06. The third-order valence-corrected chi connectivity index (χ3v) is 4.38. The van der Waals surface area contributed by atoms with E-state index in [0.717, 1.165) is 25.7 Å². The number of likely N-dealkylation sites (tertiary alicyclic amines) is 1. The van der Waals surface area contributed by atoms with E-state index in [1.807, 2.05) is 0 Å².